The SMILES string of the molecule is CCCN(C)CC(O)COCC1CCCO1. The average Bonchev–Trinajstić information content (AvgIpc) is 2.70. The molecule has 0 amide bonds. The fourth-order valence-corrected chi connectivity index (χ4v) is 2.00. The molecule has 0 spiro atoms. The van der Waals surface area contributed by atoms with Crippen molar-refractivity contribution in [2.45, 2.75) is 38.4 Å². The Morgan fingerprint density at radius 2 is 2.38 bits per heavy atom. The Bertz CT molecular complexity index is 172. The van der Waals surface area contributed by atoms with Gasteiger partial charge in [-0.2, -0.15) is 0 Å². The maximum Gasteiger partial charge on any atom is 0.0900 e. The van der Waals surface area contributed by atoms with Gasteiger partial charge in [-0.15, -0.1) is 0 Å². The largest absolute Gasteiger partial charge is 0.389 e. The van der Waals surface area contributed by atoms with E-state index in [-0.39, 0.29) is 6.10 Å². The Hall–Kier alpha value is -0.160. The van der Waals surface area contributed by atoms with Gasteiger partial charge in [-0.1, -0.05) is 6.92 Å². The van der Waals surface area contributed by atoms with E-state index in [1.54, 1.807) is 0 Å². The first-order valence-electron chi connectivity index (χ1n) is 6.28. The molecule has 1 heterocycles. The zero-order valence-electron chi connectivity index (χ0n) is 10.5. The first-order valence-corrected chi connectivity index (χ1v) is 6.28. The van der Waals surface area contributed by atoms with Crippen molar-refractivity contribution in [1.29, 1.82) is 0 Å². The van der Waals surface area contributed by atoms with Gasteiger partial charge in [-0.05, 0) is 32.9 Å². The summed E-state index contributed by atoms with van der Waals surface area (Å²) < 4.78 is 10.9. The molecule has 0 radical (unpaired) electrons. The molecule has 4 nitrogen and oxygen atoms in total. The van der Waals surface area contributed by atoms with Crippen LogP contribution < -0.4 is 0 Å². The second-order valence-corrected chi connectivity index (χ2v) is 4.59. The van der Waals surface area contributed by atoms with Crippen LogP contribution in [-0.2, 0) is 9.47 Å². The number of nitrogens with zero attached hydrogens (tertiary/aromatic N) is 1. The van der Waals surface area contributed by atoms with Crippen LogP contribution in [0, 0.1) is 0 Å². The predicted molar refractivity (Wildman–Crippen MR) is 63.6 cm³/mol. The van der Waals surface area contributed by atoms with Crippen LogP contribution in [0.5, 0.6) is 0 Å². The minimum atomic E-state index is -0.391. The Balaban J connectivity index is 1.98. The summed E-state index contributed by atoms with van der Waals surface area (Å²) in [6.45, 7) is 5.72. The van der Waals surface area contributed by atoms with E-state index in [1.807, 2.05) is 7.05 Å². The second-order valence-electron chi connectivity index (χ2n) is 4.59. The van der Waals surface area contributed by atoms with Crippen molar-refractivity contribution in [1.82, 2.24) is 4.90 Å². The van der Waals surface area contributed by atoms with Gasteiger partial charge in [0.25, 0.3) is 0 Å². The fraction of sp³-hybridized carbons (Fsp3) is 1.00. The first kappa shape index (κ1) is 13.9. The van der Waals surface area contributed by atoms with E-state index in [4.69, 9.17) is 9.47 Å². The average molecular weight is 231 g/mol. The molecule has 0 aromatic carbocycles. The molecule has 4 heteroatoms. The number of aliphatic hydroxyl groups is 1. The highest BCUT2D eigenvalue weighted by Gasteiger charge is 2.16. The lowest BCUT2D eigenvalue weighted by Gasteiger charge is -2.20. The summed E-state index contributed by atoms with van der Waals surface area (Å²) in [6.07, 6.45) is 3.19. The monoisotopic (exact) mass is 231 g/mol. The zero-order chi connectivity index (χ0) is 11.8. The summed E-state index contributed by atoms with van der Waals surface area (Å²) in [7, 11) is 2.02. The smallest absolute Gasteiger partial charge is 0.0900 e. The molecule has 1 aliphatic rings. The van der Waals surface area contributed by atoms with Gasteiger partial charge in [0, 0.05) is 13.2 Å². The second kappa shape index (κ2) is 8.01. The van der Waals surface area contributed by atoms with Gasteiger partial charge in [0.15, 0.2) is 0 Å². The molecule has 0 aliphatic carbocycles. The van der Waals surface area contributed by atoms with Crippen molar-refractivity contribution in [3.8, 4) is 0 Å². The Labute approximate surface area is 98.5 Å². The van der Waals surface area contributed by atoms with E-state index in [0.717, 1.165) is 32.4 Å². The fourth-order valence-electron chi connectivity index (χ4n) is 2.00. The lowest BCUT2D eigenvalue weighted by Crippen LogP contribution is -2.33. The lowest BCUT2D eigenvalue weighted by atomic mass is 10.2. The molecule has 2 unspecified atom stereocenters. The van der Waals surface area contributed by atoms with Crippen molar-refractivity contribution in [2.24, 2.45) is 0 Å². The zero-order valence-corrected chi connectivity index (χ0v) is 10.5. The third-order valence-corrected chi connectivity index (χ3v) is 2.77. The molecule has 1 saturated heterocycles. The van der Waals surface area contributed by atoms with Gasteiger partial charge in [0.1, 0.15) is 0 Å². The molecule has 0 bridgehead atoms. The van der Waals surface area contributed by atoms with Crippen LogP contribution in [0.2, 0.25) is 0 Å². The summed E-state index contributed by atoms with van der Waals surface area (Å²) in [5.41, 5.74) is 0. The van der Waals surface area contributed by atoms with Crippen molar-refractivity contribution in [3.63, 3.8) is 0 Å². The Morgan fingerprint density at radius 3 is 3.00 bits per heavy atom. The summed E-state index contributed by atoms with van der Waals surface area (Å²) >= 11 is 0. The Morgan fingerprint density at radius 1 is 1.56 bits per heavy atom. The van der Waals surface area contributed by atoms with Crippen molar-refractivity contribution >= 4 is 0 Å². The van der Waals surface area contributed by atoms with Crippen LogP contribution in [0.15, 0.2) is 0 Å². The van der Waals surface area contributed by atoms with Gasteiger partial charge in [-0.3, -0.25) is 0 Å². The van der Waals surface area contributed by atoms with Crippen LogP contribution in [0.1, 0.15) is 26.2 Å². The molecule has 0 aromatic heterocycles. The van der Waals surface area contributed by atoms with Gasteiger partial charge in [-0.25, -0.2) is 0 Å². The third kappa shape index (κ3) is 5.80. The highest BCUT2D eigenvalue weighted by atomic mass is 16.5. The predicted octanol–water partition coefficient (Wildman–Crippen LogP) is 0.885. The Kier molecular flexibility index (Phi) is 6.96. The summed E-state index contributed by atoms with van der Waals surface area (Å²) in [4.78, 5) is 2.13. The van der Waals surface area contributed by atoms with Gasteiger partial charge >= 0.3 is 0 Å². The third-order valence-electron chi connectivity index (χ3n) is 2.77. The number of aliphatic hydroxyl groups excluding tert-OH is 1. The molecule has 1 rings (SSSR count). The van der Waals surface area contributed by atoms with E-state index in [9.17, 15) is 5.11 Å². The van der Waals surface area contributed by atoms with E-state index in [1.165, 1.54) is 0 Å². The van der Waals surface area contributed by atoms with Crippen LogP contribution in [-0.4, -0.2) is 62.2 Å². The minimum Gasteiger partial charge on any atom is -0.389 e. The molecule has 1 fully saturated rings. The van der Waals surface area contributed by atoms with E-state index >= 15 is 0 Å². The summed E-state index contributed by atoms with van der Waals surface area (Å²) in [6, 6.07) is 0. The maximum absolute atomic E-state index is 9.71. The molecular formula is C12H25NO3. The number of hydrogen-bond acceptors (Lipinski definition) is 4. The van der Waals surface area contributed by atoms with Crippen molar-refractivity contribution in [3.05, 3.63) is 0 Å². The van der Waals surface area contributed by atoms with Crippen LogP contribution >= 0.6 is 0 Å². The lowest BCUT2D eigenvalue weighted by molar-refractivity contribution is -0.0233. The van der Waals surface area contributed by atoms with Gasteiger partial charge < -0.3 is 19.5 Å². The topological polar surface area (TPSA) is 41.9 Å². The highest BCUT2D eigenvalue weighted by Crippen LogP contribution is 2.11. The molecule has 0 saturated carbocycles. The molecule has 2 atom stereocenters. The molecule has 1 N–H and O–H groups in total. The minimum absolute atomic E-state index is 0.251. The molecule has 16 heavy (non-hydrogen) atoms. The number of rotatable bonds is 8. The van der Waals surface area contributed by atoms with Crippen LogP contribution in [0.3, 0.4) is 0 Å². The standard InChI is InChI=1S/C12H25NO3/c1-3-6-13(2)8-11(14)9-15-10-12-5-4-7-16-12/h11-12,14H,3-10H2,1-2H3. The van der Waals surface area contributed by atoms with Crippen LogP contribution in [0.4, 0.5) is 0 Å². The van der Waals surface area contributed by atoms with E-state index < -0.39 is 6.10 Å². The molecule has 96 valence electrons. The highest BCUT2D eigenvalue weighted by molar-refractivity contribution is 4.65. The normalized spacial score (nSPS) is 22.9. The van der Waals surface area contributed by atoms with E-state index in [2.05, 4.69) is 11.8 Å². The van der Waals surface area contributed by atoms with Crippen LogP contribution in [0.25, 0.3) is 0 Å². The number of likely N-dealkylation sites (N-methyl/N-ethyl adjacent to an activating group) is 1. The van der Waals surface area contributed by atoms with Crippen molar-refractivity contribution in [2.75, 3.05) is 40.0 Å². The van der Waals surface area contributed by atoms with Crippen molar-refractivity contribution < 1.29 is 14.6 Å². The maximum atomic E-state index is 9.71. The summed E-state index contributed by atoms with van der Waals surface area (Å²) in [5.74, 6) is 0. The number of hydrogen-bond donors (Lipinski definition) is 1. The van der Waals surface area contributed by atoms with Gasteiger partial charge in [0.2, 0.25) is 0 Å². The summed E-state index contributed by atoms with van der Waals surface area (Å²) in [5, 5.41) is 9.71. The first-order chi connectivity index (χ1) is 7.72. The number of ether oxygens (including phenoxy) is 2. The molecule has 0 aromatic rings. The van der Waals surface area contributed by atoms with E-state index in [0.29, 0.717) is 19.8 Å². The molecule has 1 aliphatic heterocycles. The van der Waals surface area contributed by atoms with Gasteiger partial charge in [0.05, 0.1) is 25.4 Å². The quantitative estimate of drug-likeness (QED) is 0.673. The molecular weight excluding hydrogens is 206 g/mol.